The highest BCUT2D eigenvalue weighted by atomic mass is 16.4. The number of hydrogen-bond acceptors (Lipinski definition) is 5. The van der Waals surface area contributed by atoms with Crippen LogP contribution in [0.25, 0.3) is 0 Å². The normalized spacial score (nSPS) is 18.4. The van der Waals surface area contributed by atoms with Gasteiger partial charge in [-0.3, -0.25) is 14.4 Å². The molecule has 0 amide bonds. The lowest BCUT2D eigenvalue weighted by Crippen LogP contribution is -2.35. The molecule has 0 atom stereocenters. The molecule has 2 fully saturated rings. The van der Waals surface area contributed by atoms with Gasteiger partial charge in [0.1, 0.15) is 0 Å². The molecular weight excluding hydrogens is 350 g/mol. The first-order valence-corrected chi connectivity index (χ1v) is 9.70. The second-order valence-electron chi connectivity index (χ2n) is 7.24. The Morgan fingerprint density at radius 2 is 1.56 bits per heavy atom. The largest absolute Gasteiger partial charge is 0.473 e. The maximum absolute atomic E-state index is 12.2. The van der Waals surface area contributed by atoms with Gasteiger partial charge in [0.25, 0.3) is 0 Å². The SMILES string of the molecule is O=C(Cc1ccn(C2CCCCC2)n1)CN1CCCCC1.O=C(O)C(=O)O. The van der Waals surface area contributed by atoms with Crippen LogP contribution in [0.2, 0.25) is 0 Å². The average Bonchev–Trinajstić information content (AvgIpc) is 3.12. The lowest BCUT2D eigenvalue weighted by Gasteiger charge is -2.25. The van der Waals surface area contributed by atoms with Crippen LogP contribution in [0.1, 0.15) is 63.1 Å². The molecule has 2 heterocycles. The highest BCUT2D eigenvalue weighted by molar-refractivity contribution is 6.27. The van der Waals surface area contributed by atoms with E-state index in [1.165, 1.54) is 51.4 Å². The number of carboxylic acid groups (broad SMARTS) is 2. The van der Waals surface area contributed by atoms with Crippen LogP contribution in [0.5, 0.6) is 0 Å². The predicted molar refractivity (Wildman–Crippen MR) is 98.6 cm³/mol. The molecule has 2 N–H and O–H groups in total. The molecule has 1 saturated heterocycles. The Labute approximate surface area is 159 Å². The van der Waals surface area contributed by atoms with Crippen LogP contribution in [-0.4, -0.2) is 62.2 Å². The van der Waals surface area contributed by atoms with Crippen LogP contribution in [0.3, 0.4) is 0 Å². The minimum absolute atomic E-state index is 0.311. The molecule has 0 unspecified atom stereocenters. The third kappa shape index (κ3) is 7.50. The summed E-state index contributed by atoms with van der Waals surface area (Å²) in [5, 5.41) is 19.4. The van der Waals surface area contributed by atoms with Crippen molar-refractivity contribution in [3.05, 3.63) is 18.0 Å². The predicted octanol–water partition coefficient (Wildman–Crippen LogP) is 2.14. The molecule has 1 aromatic heterocycles. The lowest BCUT2D eigenvalue weighted by molar-refractivity contribution is -0.159. The summed E-state index contributed by atoms with van der Waals surface area (Å²) in [6, 6.07) is 2.59. The zero-order chi connectivity index (χ0) is 19.6. The lowest BCUT2D eigenvalue weighted by atomic mass is 9.96. The number of carbonyl (C=O) groups is 3. The molecule has 2 aliphatic rings. The van der Waals surface area contributed by atoms with Crippen molar-refractivity contribution in [1.82, 2.24) is 14.7 Å². The summed E-state index contributed by atoms with van der Waals surface area (Å²) in [6.07, 6.45) is 12.8. The smallest absolute Gasteiger partial charge is 0.414 e. The Balaban J connectivity index is 0.000000380. The molecule has 0 bridgehead atoms. The molecule has 1 aliphatic heterocycles. The summed E-state index contributed by atoms with van der Waals surface area (Å²) in [4.78, 5) is 32.7. The molecule has 8 heteroatoms. The van der Waals surface area contributed by atoms with E-state index in [1.807, 2.05) is 6.07 Å². The van der Waals surface area contributed by atoms with Gasteiger partial charge in [-0.05, 0) is 44.8 Å². The summed E-state index contributed by atoms with van der Waals surface area (Å²) >= 11 is 0. The van der Waals surface area contributed by atoms with E-state index in [1.54, 1.807) is 0 Å². The minimum Gasteiger partial charge on any atom is -0.473 e. The maximum Gasteiger partial charge on any atom is 0.414 e. The fourth-order valence-corrected chi connectivity index (χ4v) is 3.65. The van der Waals surface area contributed by atoms with E-state index in [-0.39, 0.29) is 0 Å². The van der Waals surface area contributed by atoms with Crippen LogP contribution in [0.4, 0.5) is 0 Å². The van der Waals surface area contributed by atoms with Gasteiger partial charge in [-0.15, -0.1) is 0 Å². The van der Waals surface area contributed by atoms with Gasteiger partial charge in [0.05, 0.1) is 24.7 Å². The summed E-state index contributed by atoms with van der Waals surface area (Å²) in [5.74, 6) is -3.34. The molecule has 1 saturated carbocycles. The van der Waals surface area contributed by atoms with Gasteiger partial charge in [0.15, 0.2) is 5.78 Å². The topological polar surface area (TPSA) is 113 Å². The Morgan fingerprint density at radius 3 is 2.15 bits per heavy atom. The number of aliphatic carboxylic acids is 2. The van der Waals surface area contributed by atoms with E-state index in [4.69, 9.17) is 19.8 Å². The molecule has 0 spiro atoms. The molecule has 0 radical (unpaired) electrons. The summed E-state index contributed by atoms with van der Waals surface area (Å²) in [7, 11) is 0. The number of carbonyl (C=O) groups excluding carboxylic acids is 1. The molecular formula is C19H29N3O5. The Morgan fingerprint density at radius 1 is 0.963 bits per heavy atom. The van der Waals surface area contributed by atoms with E-state index in [0.717, 1.165) is 18.8 Å². The second-order valence-corrected chi connectivity index (χ2v) is 7.24. The molecule has 0 aromatic carbocycles. The number of aromatic nitrogens is 2. The number of piperidine rings is 1. The zero-order valence-electron chi connectivity index (χ0n) is 15.7. The van der Waals surface area contributed by atoms with Crippen LogP contribution < -0.4 is 0 Å². The van der Waals surface area contributed by atoms with Crippen LogP contribution in [-0.2, 0) is 20.8 Å². The van der Waals surface area contributed by atoms with Gasteiger partial charge in [-0.2, -0.15) is 5.10 Å². The zero-order valence-corrected chi connectivity index (χ0v) is 15.7. The van der Waals surface area contributed by atoms with Crippen molar-refractivity contribution in [1.29, 1.82) is 0 Å². The fraction of sp³-hybridized carbons (Fsp3) is 0.684. The molecule has 3 rings (SSSR count). The number of ketones is 1. The molecule has 27 heavy (non-hydrogen) atoms. The van der Waals surface area contributed by atoms with Crippen molar-refractivity contribution < 1.29 is 24.6 Å². The average molecular weight is 379 g/mol. The minimum atomic E-state index is -1.82. The van der Waals surface area contributed by atoms with Gasteiger partial charge >= 0.3 is 11.9 Å². The van der Waals surface area contributed by atoms with Gasteiger partial charge in [-0.1, -0.05) is 25.7 Å². The van der Waals surface area contributed by atoms with Crippen molar-refractivity contribution in [2.24, 2.45) is 0 Å². The van der Waals surface area contributed by atoms with Crippen molar-refractivity contribution in [3.63, 3.8) is 0 Å². The summed E-state index contributed by atoms with van der Waals surface area (Å²) in [5.41, 5.74) is 0.947. The van der Waals surface area contributed by atoms with E-state index < -0.39 is 11.9 Å². The number of Topliss-reactive ketones (excluding diaryl/α,β-unsaturated/α-hetero) is 1. The standard InChI is InChI=1S/C17H27N3O.C2H2O4/c21-17(14-19-10-5-2-6-11-19)13-15-9-12-20(18-15)16-7-3-1-4-8-16;3-1(4)2(5)6/h9,12,16H,1-8,10-11,13-14H2;(H,3,4)(H,5,6). The van der Waals surface area contributed by atoms with Gasteiger partial charge in [0, 0.05) is 6.20 Å². The molecule has 1 aliphatic carbocycles. The van der Waals surface area contributed by atoms with E-state index in [9.17, 15) is 4.79 Å². The van der Waals surface area contributed by atoms with E-state index in [2.05, 4.69) is 20.9 Å². The quantitative estimate of drug-likeness (QED) is 0.754. The monoisotopic (exact) mass is 379 g/mol. The van der Waals surface area contributed by atoms with Crippen molar-refractivity contribution >= 4 is 17.7 Å². The van der Waals surface area contributed by atoms with E-state index >= 15 is 0 Å². The summed E-state index contributed by atoms with van der Waals surface area (Å²) in [6.45, 7) is 2.78. The first kappa shape index (κ1) is 21.1. The number of hydrogen-bond donors (Lipinski definition) is 2. The third-order valence-corrected chi connectivity index (χ3v) is 5.02. The van der Waals surface area contributed by atoms with Gasteiger partial charge in [0.2, 0.25) is 0 Å². The van der Waals surface area contributed by atoms with Crippen LogP contribution >= 0.6 is 0 Å². The van der Waals surface area contributed by atoms with Crippen LogP contribution in [0.15, 0.2) is 12.3 Å². The van der Waals surface area contributed by atoms with Crippen molar-refractivity contribution in [2.75, 3.05) is 19.6 Å². The number of carboxylic acids is 2. The van der Waals surface area contributed by atoms with Gasteiger partial charge < -0.3 is 10.2 Å². The molecule has 8 nitrogen and oxygen atoms in total. The highest BCUT2D eigenvalue weighted by Gasteiger charge is 2.18. The Kier molecular flexibility index (Phi) is 8.44. The Hall–Kier alpha value is -2.22. The third-order valence-electron chi connectivity index (χ3n) is 5.02. The summed E-state index contributed by atoms with van der Waals surface area (Å²) < 4.78 is 2.10. The number of likely N-dealkylation sites (tertiary alicyclic amines) is 1. The van der Waals surface area contributed by atoms with Crippen molar-refractivity contribution in [3.8, 4) is 0 Å². The van der Waals surface area contributed by atoms with E-state index in [0.29, 0.717) is 24.8 Å². The highest BCUT2D eigenvalue weighted by Crippen LogP contribution is 2.27. The fourth-order valence-electron chi connectivity index (χ4n) is 3.65. The van der Waals surface area contributed by atoms with Crippen LogP contribution in [0, 0.1) is 0 Å². The second kappa shape index (κ2) is 10.8. The first-order valence-electron chi connectivity index (χ1n) is 9.70. The maximum atomic E-state index is 12.2. The Bertz CT molecular complexity index is 619. The first-order chi connectivity index (χ1) is 13.0. The number of nitrogens with zero attached hydrogens (tertiary/aromatic N) is 3. The van der Waals surface area contributed by atoms with Gasteiger partial charge in [-0.25, -0.2) is 9.59 Å². The molecule has 1 aromatic rings. The molecule has 150 valence electrons. The number of rotatable bonds is 5. The van der Waals surface area contributed by atoms with Crippen molar-refractivity contribution in [2.45, 2.75) is 63.8 Å².